The zero-order valence-corrected chi connectivity index (χ0v) is 9.79. The molecule has 0 atom stereocenters. The number of hydrogen-bond acceptors (Lipinski definition) is 3. The smallest absolute Gasteiger partial charge is 0.0717 e. The van der Waals surface area contributed by atoms with Crippen molar-refractivity contribution in [2.24, 2.45) is 0 Å². The zero-order valence-electron chi connectivity index (χ0n) is 9.79. The second-order valence-electron chi connectivity index (χ2n) is 3.25. The van der Waals surface area contributed by atoms with Gasteiger partial charge in [0.25, 0.3) is 0 Å². The molecule has 1 rings (SSSR count). The summed E-state index contributed by atoms with van der Waals surface area (Å²) in [7, 11) is 0. The van der Waals surface area contributed by atoms with Gasteiger partial charge in [-0.3, -0.25) is 10.3 Å². The highest BCUT2D eigenvalue weighted by atomic mass is 16.6. The van der Waals surface area contributed by atoms with Crippen LogP contribution in [0.4, 0.5) is 11.4 Å². The molecule has 0 fully saturated rings. The SMILES string of the molecule is CCONc1ccc(N(CC)CC)cc1. The number of anilines is 2. The van der Waals surface area contributed by atoms with E-state index < -0.39 is 0 Å². The van der Waals surface area contributed by atoms with Gasteiger partial charge in [-0.2, -0.15) is 0 Å². The molecule has 3 nitrogen and oxygen atoms in total. The third kappa shape index (κ3) is 3.44. The third-order valence-electron chi connectivity index (χ3n) is 2.33. The number of nitrogens with zero attached hydrogens (tertiary/aromatic N) is 1. The minimum Gasteiger partial charge on any atom is -0.372 e. The van der Waals surface area contributed by atoms with Crippen LogP contribution in [0, 0.1) is 0 Å². The Labute approximate surface area is 92.0 Å². The summed E-state index contributed by atoms with van der Waals surface area (Å²) < 4.78 is 0. The van der Waals surface area contributed by atoms with Gasteiger partial charge in [-0.25, -0.2) is 0 Å². The van der Waals surface area contributed by atoms with Gasteiger partial charge < -0.3 is 4.90 Å². The summed E-state index contributed by atoms with van der Waals surface area (Å²) in [6.45, 7) is 9.02. The van der Waals surface area contributed by atoms with Crippen molar-refractivity contribution in [3.05, 3.63) is 24.3 Å². The monoisotopic (exact) mass is 208 g/mol. The van der Waals surface area contributed by atoms with Crippen LogP contribution in [0.3, 0.4) is 0 Å². The van der Waals surface area contributed by atoms with E-state index in [4.69, 9.17) is 4.84 Å². The van der Waals surface area contributed by atoms with Crippen LogP contribution < -0.4 is 10.4 Å². The van der Waals surface area contributed by atoms with Gasteiger partial charge in [0.1, 0.15) is 0 Å². The van der Waals surface area contributed by atoms with Crippen molar-refractivity contribution in [3.63, 3.8) is 0 Å². The fourth-order valence-electron chi connectivity index (χ4n) is 1.48. The minimum absolute atomic E-state index is 0.664. The predicted octanol–water partition coefficient (Wildman–Crippen LogP) is 2.90. The Balaban J connectivity index is 2.62. The van der Waals surface area contributed by atoms with Crippen molar-refractivity contribution in [1.29, 1.82) is 0 Å². The third-order valence-corrected chi connectivity index (χ3v) is 2.33. The van der Waals surface area contributed by atoms with Crippen molar-refractivity contribution in [3.8, 4) is 0 Å². The first kappa shape index (κ1) is 11.9. The lowest BCUT2D eigenvalue weighted by atomic mass is 10.2. The highest BCUT2D eigenvalue weighted by molar-refractivity contribution is 5.54. The molecule has 0 aliphatic carbocycles. The summed E-state index contributed by atoms with van der Waals surface area (Å²) in [6, 6.07) is 8.27. The van der Waals surface area contributed by atoms with Crippen LogP contribution in [-0.2, 0) is 4.84 Å². The molecular weight excluding hydrogens is 188 g/mol. The maximum absolute atomic E-state index is 5.11. The summed E-state index contributed by atoms with van der Waals surface area (Å²) in [6.07, 6.45) is 0. The van der Waals surface area contributed by atoms with Crippen LogP contribution in [0.15, 0.2) is 24.3 Å². The van der Waals surface area contributed by atoms with Crippen molar-refractivity contribution < 1.29 is 4.84 Å². The summed E-state index contributed by atoms with van der Waals surface area (Å²) >= 11 is 0. The Morgan fingerprint density at radius 3 is 2.13 bits per heavy atom. The molecule has 1 aromatic rings. The molecule has 0 amide bonds. The first-order valence-corrected chi connectivity index (χ1v) is 5.54. The molecule has 0 aliphatic rings. The molecule has 0 unspecified atom stereocenters. The number of rotatable bonds is 6. The van der Waals surface area contributed by atoms with E-state index in [-0.39, 0.29) is 0 Å². The normalized spacial score (nSPS) is 10.1. The lowest BCUT2D eigenvalue weighted by Gasteiger charge is -2.21. The topological polar surface area (TPSA) is 24.5 Å². The molecule has 0 bridgehead atoms. The van der Waals surface area contributed by atoms with Gasteiger partial charge >= 0.3 is 0 Å². The second kappa shape index (κ2) is 6.30. The average Bonchev–Trinajstić information content (AvgIpc) is 2.29. The van der Waals surface area contributed by atoms with Crippen LogP contribution in [0.5, 0.6) is 0 Å². The Morgan fingerprint density at radius 1 is 1.07 bits per heavy atom. The maximum Gasteiger partial charge on any atom is 0.0717 e. The van der Waals surface area contributed by atoms with Gasteiger partial charge in [0.2, 0.25) is 0 Å². The van der Waals surface area contributed by atoms with Crippen LogP contribution in [-0.4, -0.2) is 19.7 Å². The predicted molar refractivity (Wildman–Crippen MR) is 65.3 cm³/mol. The van der Waals surface area contributed by atoms with Gasteiger partial charge in [-0.1, -0.05) is 0 Å². The maximum atomic E-state index is 5.11. The van der Waals surface area contributed by atoms with E-state index in [9.17, 15) is 0 Å². The molecule has 1 aromatic carbocycles. The van der Waals surface area contributed by atoms with E-state index in [1.807, 2.05) is 19.1 Å². The Kier molecular flexibility index (Phi) is 4.98. The Hall–Kier alpha value is -1.22. The van der Waals surface area contributed by atoms with E-state index in [1.165, 1.54) is 5.69 Å². The molecule has 3 heteroatoms. The summed E-state index contributed by atoms with van der Waals surface area (Å²) in [5, 5.41) is 0. The van der Waals surface area contributed by atoms with E-state index in [1.54, 1.807) is 0 Å². The van der Waals surface area contributed by atoms with Crippen molar-refractivity contribution in [2.45, 2.75) is 20.8 Å². The fourth-order valence-corrected chi connectivity index (χ4v) is 1.48. The van der Waals surface area contributed by atoms with Crippen molar-refractivity contribution in [1.82, 2.24) is 0 Å². The lowest BCUT2D eigenvalue weighted by molar-refractivity contribution is 0.210. The molecule has 0 heterocycles. The standard InChI is InChI=1S/C12H20N2O/c1-4-14(5-2)12-9-7-11(8-10-12)13-15-6-3/h7-10,13H,4-6H2,1-3H3. The molecule has 0 spiro atoms. The van der Waals surface area contributed by atoms with Crippen LogP contribution >= 0.6 is 0 Å². The van der Waals surface area contributed by atoms with Crippen molar-refractivity contribution in [2.75, 3.05) is 30.1 Å². The molecule has 0 aromatic heterocycles. The first-order valence-electron chi connectivity index (χ1n) is 5.54. The lowest BCUT2D eigenvalue weighted by Crippen LogP contribution is -2.21. The van der Waals surface area contributed by atoms with Gasteiger partial charge in [0.05, 0.1) is 12.3 Å². The number of benzene rings is 1. The largest absolute Gasteiger partial charge is 0.372 e. The molecule has 1 N–H and O–H groups in total. The first-order chi connectivity index (χ1) is 7.31. The van der Waals surface area contributed by atoms with Crippen LogP contribution in [0.2, 0.25) is 0 Å². The molecule has 0 radical (unpaired) electrons. The van der Waals surface area contributed by atoms with E-state index in [0.717, 1.165) is 18.8 Å². The fraction of sp³-hybridized carbons (Fsp3) is 0.500. The average molecular weight is 208 g/mol. The number of hydrogen-bond donors (Lipinski definition) is 1. The minimum atomic E-state index is 0.664. The van der Waals surface area contributed by atoms with E-state index in [0.29, 0.717) is 6.61 Å². The van der Waals surface area contributed by atoms with E-state index >= 15 is 0 Å². The zero-order chi connectivity index (χ0) is 11.1. The summed E-state index contributed by atoms with van der Waals surface area (Å²) in [4.78, 5) is 7.42. The summed E-state index contributed by atoms with van der Waals surface area (Å²) in [5.74, 6) is 0. The number of nitrogens with one attached hydrogen (secondary N) is 1. The highest BCUT2D eigenvalue weighted by Gasteiger charge is 2.00. The quantitative estimate of drug-likeness (QED) is 0.727. The second-order valence-corrected chi connectivity index (χ2v) is 3.25. The molecule has 15 heavy (non-hydrogen) atoms. The van der Waals surface area contributed by atoms with Crippen molar-refractivity contribution >= 4 is 11.4 Å². The summed E-state index contributed by atoms with van der Waals surface area (Å²) in [5.41, 5.74) is 5.12. The van der Waals surface area contributed by atoms with Gasteiger partial charge in [0, 0.05) is 18.8 Å². The van der Waals surface area contributed by atoms with Gasteiger partial charge in [-0.05, 0) is 45.0 Å². The van der Waals surface area contributed by atoms with Crippen LogP contribution in [0.1, 0.15) is 20.8 Å². The highest BCUT2D eigenvalue weighted by Crippen LogP contribution is 2.17. The molecule has 0 saturated heterocycles. The van der Waals surface area contributed by atoms with Crippen LogP contribution in [0.25, 0.3) is 0 Å². The van der Waals surface area contributed by atoms with Gasteiger partial charge in [0.15, 0.2) is 0 Å². The molecular formula is C12H20N2O. The van der Waals surface area contributed by atoms with E-state index in [2.05, 4.69) is 36.4 Å². The Bertz CT molecular complexity index is 267. The Morgan fingerprint density at radius 2 is 1.67 bits per heavy atom. The molecule has 0 saturated carbocycles. The molecule has 84 valence electrons. The molecule has 0 aliphatic heterocycles. The van der Waals surface area contributed by atoms with Gasteiger partial charge in [-0.15, -0.1) is 0 Å².